The van der Waals surface area contributed by atoms with Gasteiger partial charge in [0.2, 0.25) is 5.91 Å². The molecular weight excluding hydrogens is 521 g/mol. The van der Waals surface area contributed by atoms with Crippen LogP contribution in [0.2, 0.25) is 0 Å². The standard InChI is InChI=1S/C27H27F3N2O5S/c1-31-25(33)26(14-12-19(13-15-26)17-20-3-2-16-32-18-20)38(34,35)24-10-8-22(9-11-24)36-21-4-6-23(7-5-21)37-27(28,29)30/h2-11,16,18-19H,12-15,17H2,1H3,(H,31,33). The SMILES string of the molecule is CNC(=O)C1(S(=O)(=O)c2ccc(Oc3ccc(OC(F)(F)F)cc3)cc2)CCC(Cc2cccnc2)CC1. The summed E-state index contributed by atoms with van der Waals surface area (Å²) < 4.78 is 72.4. The van der Waals surface area contributed by atoms with Crippen LogP contribution in [0, 0.1) is 5.92 Å². The van der Waals surface area contributed by atoms with Crippen molar-refractivity contribution in [2.45, 2.75) is 48.1 Å². The number of rotatable bonds is 8. The highest BCUT2D eigenvalue weighted by atomic mass is 32.2. The predicted octanol–water partition coefficient (Wildman–Crippen LogP) is 5.46. The van der Waals surface area contributed by atoms with E-state index in [9.17, 15) is 26.4 Å². The van der Waals surface area contributed by atoms with Crippen molar-refractivity contribution in [3.05, 3.63) is 78.6 Å². The van der Waals surface area contributed by atoms with Gasteiger partial charge in [-0.3, -0.25) is 9.78 Å². The molecule has 11 heteroatoms. The van der Waals surface area contributed by atoms with Crippen molar-refractivity contribution in [1.82, 2.24) is 10.3 Å². The molecule has 0 saturated heterocycles. The predicted molar refractivity (Wildman–Crippen MR) is 134 cm³/mol. The van der Waals surface area contributed by atoms with Crippen LogP contribution < -0.4 is 14.8 Å². The fourth-order valence-corrected chi connectivity index (χ4v) is 6.87. The number of nitrogens with one attached hydrogen (secondary N) is 1. The Kier molecular flexibility index (Phi) is 7.96. The molecule has 1 saturated carbocycles. The summed E-state index contributed by atoms with van der Waals surface area (Å²) >= 11 is 0. The van der Waals surface area contributed by atoms with Crippen LogP contribution in [0.25, 0.3) is 0 Å². The number of hydrogen-bond acceptors (Lipinski definition) is 6. The lowest BCUT2D eigenvalue weighted by Crippen LogP contribution is -2.53. The summed E-state index contributed by atoms with van der Waals surface area (Å²) in [5, 5.41) is 2.55. The zero-order valence-corrected chi connectivity index (χ0v) is 21.4. The summed E-state index contributed by atoms with van der Waals surface area (Å²) in [6, 6.07) is 14.3. The Bertz CT molecular complexity index is 1340. The zero-order chi connectivity index (χ0) is 27.4. The molecule has 38 heavy (non-hydrogen) atoms. The maximum atomic E-state index is 13.8. The molecule has 0 bridgehead atoms. The van der Waals surface area contributed by atoms with Crippen LogP contribution in [0.3, 0.4) is 0 Å². The Morgan fingerprint density at radius 1 is 1.00 bits per heavy atom. The van der Waals surface area contributed by atoms with Crippen molar-refractivity contribution in [3.63, 3.8) is 0 Å². The third-order valence-electron chi connectivity index (χ3n) is 6.74. The highest BCUT2D eigenvalue weighted by molar-refractivity contribution is 7.93. The molecule has 1 N–H and O–H groups in total. The van der Waals surface area contributed by atoms with E-state index >= 15 is 0 Å². The minimum absolute atomic E-state index is 0.00640. The third-order valence-corrected chi connectivity index (χ3v) is 9.26. The van der Waals surface area contributed by atoms with E-state index in [0.717, 1.165) is 24.1 Å². The first-order chi connectivity index (χ1) is 18.0. The molecule has 0 unspecified atom stereocenters. The zero-order valence-electron chi connectivity index (χ0n) is 20.6. The molecule has 0 atom stereocenters. The number of benzene rings is 2. The van der Waals surface area contributed by atoms with Crippen LogP contribution >= 0.6 is 0 Å². The van der Waals surface area contributed by atoms with Crippen molar-refractivity contribution in [3.8, 4) is 17.2 Å². The second-order valence-corrected chi connectivity index (χ2v) is 11.4. The van der Waals surface area contributed by atoms with Crippen LogP contribution in [-0.2, 0) is 21.1 Å². The van der Waals surface area contributed by atoms with Gasteiger partial charge in [-0.15, -0.1) is 13.2 Å². The Morgan fingerprint density at radius 3 is 2.11 bits per heavy atom. The molecule has 0 aliphatic heterocycles. The van der Waals surface area contributed by atoms with Crippen LogP contribution in [0.4, 0.5) is 13.2 Å². The van der Waals surface area contributed by atoms with Gasteiger partial charge in [-0.1, -0.05) is 6.07 Å². The van der Waals surface area contributed by atoms with E-state index in [1.54, 1.807) is 12.4 Å². The number of nitrogens with zero attached hydrogens (tertiary/aromatic N) is 1. The van der Waals surface area contributed by atoms with E-state index in [-0.39, 0.29) is 40.9 Å². The average molecular weight is 549 g/mol. The van der Waals surface area contributed by atoms with E-state index in [4.69, 9.17) is 4.74 Å². The molecule has 202 valence electrons. The summed E-state index contributed by atoms with van der Waals surface area (Å²) in [7, 11) is -2.61. The number of sulfone groups is 1. The Labute approximate surface area is 218 Å². The number of hydrogen-bond donors (Lipinski definition) is 1. The van der Waals surface area contributed by atoms with Crippen LogP contribution in [-0.4, -0.2) is 37.5 Å². The minimum Gasteiger partial charge on any atom is -0.457 e. The molecular formula is C27H27F3N2O5S. The van der Waals surface area contributed by atoms with Crippen LogP contribution in [0.1, 0.15) is 31.2 Å². The smallest absolute Gasteiger partial charge is 0.457 e. The Morgan fingerprint density at radius 2 is 1.58 bits per heavy atom. The molecule has 0 radical (unpaired) electrons. The van der Waals surface area contributed by atoms with Gasteiger partial charge < -0.3 is 14.8 Å². The molecule has 1 aliphatic rings. The Hall–Kier alpha value is -3.60. The molecule has 3 aromatic rings. The highest BCUT2D eigenvalue weighted by Crippen LogP contribution is 2.42. The van der Waals surface area contributed by atoms with Gasteiger partial charge >= 0.3 is 6.36 Å². The van der Waals surface area contributed by atoms with Gasteiger partial charge in [0.15, 0.2) is 14.6 Å². The maximum Gasteiger partial charge on any atom is 0.573 e. The quantitative estimate of drug-likeness (QED) is 0.402. The summed E-state index contributed by atoms with van der Waals surface area (Å²) in [5.74, 6) is -0.151. The first kappa shape index (κ1) is 27.4. The number of alkyl halides is 3. The van der Waals surface area contributed by atoms with E-state index in [0.29, 0.717) is 12.8 Å². The van der Waals surface area contributed by atoms with E-state index in [2.05, 4.69) is 15.0 Å². The second kappa shape index (κ2) is 11.0. The van der Waals surface area contributed by atoms with Gasteiger partial charge in [0.1, 0.15) is 17.2 Å². The summed E-state index contributed by atoms with van der Waals surface area (Å²) in [5.41, 5.74) is 1.07. The van der Waals surface area contributed by atoms with Crippen molar-refractivity contribution in [1.29, 1.82) is 0 Å². The first-order valence-corrected chi connectivity index (χ1v) is 13.5. The molecule has 1 aliphatic carbocycles. The van der Waals surface area contributed by atoms with Gasteiger partial charge in [0.05, 0.1) is 4.90 Å². The van der Waals surface area contributed by atoms with E-state index in [1.807, 2.05) is 12.1 Å². The molecule has 0 spiro atoms. The summed E-state index contributed by atoms with van der Waals surface area (Å²) in [6.45, 7) is 0. The van der Waals surface area contributed by atoms with Gasteiger partial charge in [0.25, 0.3) is 0 Å². The van der Waals surface area contributed by atoms with Gasteiger partial charge in [-0.05, 0) is 98.2 Å². The Balaban J connectivity index is 1.48. The molecule has 1 heterocycles. The number of pyridine rings is 1. The monoisotopic (exact) mass is 548 g/mol. The van der Waals surface area contributed by atoms with Crippen molar-refractivity contribution in [2.75, 3.05) is 7.05 Å². The van der Waals surface area contributed by atoms with Crippen molar-refractivity contribution >= 4 is 15.7 Å². The molecule has 2 aromatic carbocycles. The van der Waals surface area contributed by atoms with Gasteiger partial charge in [0, 0.05) is 19.4 Å². The van der Waals surface area contributed by atoms with Crippen LogP contribution in [0.15, 0.2) is 78.0 Å². The fourth-order valence-electron chi connectivity index (χ4n) is 4.80. The number of carbonyl (C=O) groups excluding carboxylic acids is 1. The van der Waals surface area contributed by atoms with Crippen molar-refractivity contribution < 1.29 is 35.9 Å². The largest absolute Gasteiger partial charge is 0.573 e. The number of ether oxygens (including phenoxy) is 2. The number of aromatic nitrogens is 1. The normalized spacial score (nSPS) is 19.9. The number of carbonyl (C=O) groups is 1. The summed E-state index contributed by atoms with van der Waals surface area (Å²) in [6.07, 6.45) is 1.03. The molecule has 1 amide bonds. The summed E-state index contributed by atoms with van der Waals surface area (Å²) in [4.78, 5) is 17.1. The van der Waals surface area contributed by atoms with Crippen LogP contribution in [0.5, 0.6) is 17.2 Å². The fraction of sp³-hybridized carbons (Fsp3) is 0.333. The average Bonchev–Trinajstić information content (AvgIpc) is 2.90. The van der Waals surface area contributed by atoms with Gasteiger partial charge in [-0.2, -0.15) is 0 Å². The second-order valence-electron chi connectivity index (χ2n) is 9.18. The molecule has 1 fully saturated rings. The third kappa shape index (κ3) is 6.09. The topological polar surface area (TPSA) is 94.6 Å². The lowest BCUT2D eigenvalue weighted by Gasteiger charge is -2.38. The van der Waals surface area contributed by atoms with E-state index in [1.165, 1.54) is 43.4 Å². The minimum atomic E-state index is -4.80. The lowest BCUT2D eigenvalue weighted by molar-refractivity contribution is -0.274. The first-order valence-electron chi connectivity index (χ1n) is 12.0. The molecule has 4 rings (SSSR count). The number of halogens is 3. The van der Waals surface area contributed by atoms with Crippen molar-refractivity contribution in [2.24, 2.45) is 5.92 Å². The molecule has 1 aromatic heterocycles. The number of amides is 1. The molecule has 7 nitrogen and oxygen atoms in total. The van der Waals surface area contributed by atoms with E-state index < -0.39 is 26.9 Å². The maximum absolute atomic E-state index is 13.8. The lowest BCUT2D eigenvalue weighted by atomic mass is 9.78. The van der Waals surface area contributed by atoms with Gasteiger partial charge in [-0.25, -0.2) is 8.42 Å². The highest BCUT2D eigenvalue weighted by Gasteiger charge is 2.52.